The van der Waals surface area contributed by atoms with Crippen LogP contribution in [0.5, 0.6) is 0 Å². The van der Waals surface area contributed by atoms with Crippen LogP contribution in [-0.2, 0) is 6.42 Å². The molecule has 4 nitrogen and oxygen atoms in total. The van der Waals surface area contributed by atoms with Crippen molar-refractivity contribution < 1.29 is 0 Å². The first-order valence-electron chi connectivity index (χ1n) is 5.39. The number of aryl methyl sites for hydroxylation is 1. The van der Waals surface area contributed by atoms with E-state index in [1.54, 1.807) is 24.3 Å². The monoisotopic (exact) mass is 256 g/mol. The summed E-state index contributed by atoms with van der Waals surface area (Å²) in [6.07, 6.45) is 0.632. The normalized spacial score (nSPS) is 9.78. The first-order chi connectivity index (χ1) is 8.71. The second-order valence-corrected chi connectivity index (χ2v) is 4.01. The molecule has 0 aliphatic carbocycles. The molecule has 0 saturated carbocycles. The van der Waals surface area contributed by atoms with E-state index in [1.165, 1.54) is 4.68 Å². The van der Waals surface area contributed by atoms with Crippen LogP contribution in [0, 0.1) is 22.7 Å². The van der Waals surface area contributed by atoms with Gasteiger partial charge in [-0.3, -0.25) is 0 Å². The third-order valence-corrected chi connectivity index (χ3v) is 2.92. The molecule has 0 saturated heterocycles. The first kappa shape index (κ1) is 12.2. The number of halogens is 1. The summed E-state index contributed by atoms with van der Waals surface area (Å²) in [4.78, 5) is 0. The van der Waals surface area contributed by atoms with Gasteiger partial charge in [0.1, 0.15) is 11.6 Å². The van der Waals surface area contributed by atoms with E-state index in [1.807, 2.05) is 6.92 Å². The molecule has 1 heterocycles. The molecule has 0 radical (unpaired) electrons. The fourth-order valence-corrected chi connectivity index (χ4v) is 1.96. The summed E-state index contributed by atoms with van der Waals surface area (Å²) in [5.74, 6) is 0. The van der Waals surface area contributed by atoms with Crippen molar-refractivity contribution in [2.45, 2.75) is 13.3 Å². The van der Waals surface area contributed by atoms with Crippen molar-refractivity contribution in [1.29, 1.82) is 10.5 Å². The lowest BCUT2D eigenvalue weighted by atomic mass is 10.2. The molecule has 5 heteroatoms. The third kappa shape index (κ3) is 1.95. The van der Waals surface area contributed by atoms with Crippen LogP contribution in [0.15, 0.2) is 24.3 Å². The second kappa shape index (κ2) is 4.91. The maximum absolute atomic E-state index is 9.05. The van der Waals surface area contributed by atoms with Crippen LogP contribution in [-0.4, -0.2) is 9.78 Å². The fraction of sp³-hybridized carbons (Fsp3) is 0.154. The van der Waals surface area contributed by atoms with E-state index < -0.39 is 0 Å². The lowest BCUT2D eigenvalue weighted by Crippen LogP contribution is -1.97. The molecule has 2 rings (SSSR count). The molecule has 18 heavy (non-hydrogen) atoms. The molecule has 2 aromatic rings. The van der Waals surface area contributed by atoms with Crippen molar-refractivity contribution in [3.63, 3.8) is 0 Å². The van der Waals surface area contributed by atoms with Gasteiger partial charge in [0.25, 0.3) is 0 Å². The molecule has 88 valence electrons. The largest absolute Gasteiger partial charge is 0.220 e. The molecular formula is C13H9ClN4. The minimum Gasteiger partial charge on any atom is -0.220 e. The van der Waals surface area contributed by atoms with E-state index in [9.17, 15) is 0 Å². The van der Waals surface area contributed by atoms with Crippen molar-refractivity contribution in [1.82, 2.24) is 9.78 Å². The standard InChI is InChI=1S/C13H9ClN4/c1-2-12-11(8-16)13(14)18(17-12)10-5-3-4-9(6-10)7-15/h3-6H,2H2,1H3. The molecule has 0 bridgehead atoms. The van der Waals surface area contributed by atoms with E-state index >= 15 is 0 Å². The topological polar surface area (TPSA) is 65.4 Å². The van der Waals surface area contributed by atoms with E-state index in [2.05, 4.69) is 17.2 Å². The van der Waals surface area contributed by atoms with Crippen LogP contribution in [0.4, 0.5) is 0 Å². The van der Waals surface area contributed by atoms with E-state index in [4.69, 9.17) is 22.1 Å². The molecule has 0 fully saturated rings. The van der Waals surface area contributed by atoms with Gasteiger partial charge in [0.2, 0.25) is 0 Å². The Morgan fingerprint density at radius 2 is 2.11 bits per heavy atom. The molecule has 0 aliphatic heterocycles. The smallest absolute Gasteiger partial charge is 0.150 e. The summed E-state index contributed by atoms with van der Waals surface area (Å²) < 4.78 is 1.49. The van der Waals surface area contributed by atoms with Gasteiger partial charge in [-0.2, -0.15) is 15.6 Å². The van der Waals surface area contributed by atoms with Crippen LogP contribution in [0.1, 0.15) is 23.7 Å². The predicted octanol–water partition coefficient (Wildman–Crippen LogP) is 2.83. The van der Waals surface area contributed by atoms with Crippen LogP contribution in [0.2, 0.25) is 5.15 Å². The summed E-state index contributed by atoms with van der Waals surface area (Å²) in [5, 5.41) is 22.5. The van der Waals surface area contributed by atoms with Crippen LogP contribution in [0.3, 0.4) is 0 Å². The van der Waals surface area contributed by atoms with Gasteiger partial charge in [0.05, 0.1) is 23.0 Å². The van der Waals surface area contributed by atoms with Gasteiger partial charge in [0.15, 0.2) is 5.15 Å². The molecule has 0 aliphatic rings. The highest BCUT2D eigenvalue weighted by Crippen LogP contribution is 2.23. The number of nitrogens with zero attached hydrogens (tertiary/aromatic N) is 4. The molecular weight excluding hydrogens is 248 g/mol. The van der Waals surface area contributed by atoms with Gasteiger partial charge in [-0.25, -0.2) is 4.68 Å². The van der Waals surface area contributed by atoms with Crippen molar-refractivity contribution in [2.75, 3.05) is 0 Å². The maximum atomic E-state index is 9.05. The Labute approximate surface area is 110 Å². The van der Waals surface area contributed by atoms with Crippen LogP contribution in [0.25, 0.3) is 5.69 Å². The Morgan fingerprint density at radius 3 is 2.67 bits per heavy atom. The van der Waals surface area contributed by atoms with Gasteiger partial charge in [0, 0.05) is 0 Å². The van der Waals surface area contributed by atoms with Crippen LogP contribution < -0.4 is 0 Å². The quantitative estimate of drug-likeness (QED) is 0.830. The zero-order valence-electron chi connectivity index (χ0n) is 9.68. The van der Waals surface area contributed by atoms with Gasteiger partial charge in [-0.05, 0) is 24.6 Å². The highest BCUT2D eigenvalue weighted by Gasteiger charge is 2.15. The summed E-state index contributed by atoms with van der Waals surface area (Å²) >= 11 is 6.13. The minimum atomic E-state index is 0.282. The molecule has 1 aromatic heterocycles. The molecule has 0 N–H and O–H groups in total. The highest BCUT2D eigenvalue weighted by molar-refractivity contribution is 6.31. The summed E-state index contributed by atoms with van der Waals surface area (Å²) in [6.45, 7) is 1.91. The number of aromatic nitrogens is 2. The summed E-state index contributed by atoms with van der Waals surface area (Å²) in [5.41, 5.74) is 2.25. The fourth-order valence-electron chi connectivity index (χ4n) is 1.68. The minimum absolute atomic E-state index is 0.282. The van der Waals surface area contributed by atoms with Gasteiger partial charge in [-0.1, -0.05) is 24.6 Å². The Balaban J connectivity index is 2.62. The number of benzene rings is 1. The molecule has 0 atom stereocenters. The van der Waals surface area contributed by atoms with E-state index in [-0.39, 0.29) is 5.15 Å². The molecule has 0 unspecified atom stereocenters. The number of rotatable bonds is 2. The van der Waals surface area contributed by atoms with Gasteiger partial charge >= 0.3 is 0 Å². The van der Waals surface area contributed by atoms with Crippen molar-refractivity contribution in [2.24, 2.45) is 0 Å². The zero-order valence-corrected chi connectivity index (χ0v) is 10.4. The number of nitriles is 2. The average Bonchev–Trinajstić information content (AvgIpc) is 2.75. The average molecular weight is 257 g/mol. The Bertz CT molecular complexity index is 673. The maximum Gasteiger partial charge on any atom is 0.150 e. The lowest BCUT2D eigenvalue weighted by Gasteiger charge is -2.02. The van der Waals surface area contributed by atoms with Crippen molar-refractivity contribution in [3.8, 4) is 17.8 Å². The Morgan fingerprint density at radius 1 is 1.33 bits per heavy atom. The van der Waals surface area contributed by atoms with Gasteiger partial charge in [-0.15, -0.1) is 0 Å². The predicted molar refractivity (Wildman–Crippen MR) is 67.4 cm³/mol. The van der Waals surface area contributed by atoms with Crippen molar-refractivity contribution in [3.05, 3.63) is 46.2 Å². The summed E-state index contributed by atoms with van der Waals surface area (Å²) in [6, 6.07) is 11.0. The number of hydrogen-bond donors (Lipinski definition) is 0. The SMILES string of the molecule is CCc1nn(-c2cccc(C#N)c2)c(Cl)c1C#N. The van der Waals surface area contributed by atoms with E-state index in [0.717, 1.165) is 0 Å². The van der Waals surface area contributed by atoms with Crippen LogP contribution >= 0.6 is 11.6 Å². The highest BCUT2D eigenvalue weighted by atomic mass is 35.5. The zero-order chi connectivity index (χ0) is 13.1. The third-order valence-electron chi connectivity index (χ3n) is 2.57. The van der Waals surface area contributed by atoms with E-state index in [0.29, 0.717) is 28.9 Å². The Hall–Kier alpha value is -2.30. The molecule has 0 amide bonds. The first-order valence-corrected chi connectivity index (χ1v) is 5.77. The number of hydrogen-bond acceptors (Lipinski definition) is 3. The molecule has 1 aromatic carbocycles. The lowest BCUT2D eigenvalue weighted by molar-refractivity contribution is 0.841. The van der Waals surface area contributed by atoms with Crippen molar-refractivity contribution >= 4 is 11.6 Å². The summed E-state index contributed by atoms with van der Waals surface area (Å²) in [7, 11) is 0. The molecule has 0 spiro atoms. The Kier molecular flexibility index (Phi) is 3.32. The second-order valence-electron chi connectivity index (χ2n) is 3.65. The van der Waals surface area contributed by atoms with Gasteiger partial charge < -0.3 is 0 Å².